The summed E-state index contributed by atoms with van der Waals surface area (Å²) < 4.78 is 33.3. The summed E-state index contributed by atoms with van der Waals surface area (Å²) >= 11 is 0. The molecular weight excluding hydrogens is 796 g/mol. The van der Waals surface area contributed by atoms with E-state index in [-0.39, 0.29) is 75.1 Å². The van der Waals surface area contributed by atoms with Crippen molar-refractivity contribution in [3.63, 3.8) is 0 Å². The van der Waals surface area contributed by atoms with Gasteiger partial charge in [0.05, 0.1) is 40.7 Å². The molecule has 1 fully saturated rings. The van der Waals surface area contributed by atoms with E-state index in [1.54, 1.807) is 12.1 Å². The number of esters is 7. The fourth-order valence-electron chi connectivity index (χ4n) is 4.89. The molecular formula is C41H46O19. The van der Waals surface area contributed by atoms with E-state index >= 15 is 0 Å². The number of aromatic carboxylic acids is 1. The highest BCUT2D eigenvalue weighted by atomic mass is 16.6. The van der Waals surface area contributed by atoms with Gasteiger partial charge in [-0.2, -0.15) is 0 Å². The molecule has 60 heavy (non-hydrogen) atoms. The zero-order valence-electron chi connectivity index (χ0n) is 32.5. The second-order valence-electron chi connectivity index (χ2n) is 11.6. The number of benzene rings is 2. The van der Waals surface area contributed by atoms with Crippen LogP contribution < -0.4 is 0 Å². The van der Waals surface area contributed by atoms with Gasteiger partial charge in [-0.15, -0.1) is 0 Å². The van der Waals surface area contributed by atoms with Gasteiger partial charge in [0.15, 0.2) is 0 Å². The highest BCUT2D eigenvalue weighted by Gasteiger charge is 2.36. The molecule has 1 aliphatic rings. The van der Waals surface area contributed by atoms with Crippen LogP contribution in [0.25, 0.3) is 0 Å². The summed E-state index contributed by atoms with van der Waals surface area (Å²) in [6.07, 6.45) is 5.68. The third kappa shape index (κ3) is 19.3. The van der Waals surface area contributed by atoms with Crippen LogP contribution in [-0.2, 0) is 57.1 Å². The third-order valence-electron chi connectivity index (χ3n) is 7.65. The molecule has 2 atom stereocenters. The highest BCUT2D eigenvalue weighted by Crippen LogP contribution is 2.31. The van der Waals surface area contributed by atoms with Crippen molar-refractivity contribution in [2.24, 2.45) is 11.8 Å². The molecule has 0 saturated heterocycles. The lowest BCUT2D eigenvalue weighted by Gasteiger charge is -2.26. The van der Waals surface area contributed by atoms with Crippen LogP contribution in [0, 0.1) is 11.8 Å². The van der Waals surface area contributed by atoms with Crippen LogP contribution in [0.15, 0.2) is 86.5 Å². The summed E-state index contributed by atoms with van der Waals surface area (Å²) in [6.45, 7) is 8.51. The fourth-order valence-corrected chi connectivity index (χ4v) is 4.89. The number of aliphatic hydroxyl groups is 1. The molecule has 0 aromatic heterocycles. The first-order valence-corrected chi connectivity index (χ1v) is 18.0. The van der Waals surface area contributed by atoms with Crippen LogP contribution >= 0.6 is 0 Å². The Balaban J connectivity index is 0.000000452. The zero-order valence-corrected chi connectivity index (χ0v) is 32.5. The van der Waals surface area contributed by atoms with E-state index in [2.05, 4.69) is 33.9 Å². The second kappa shape index (κ2) is 29.1. The minimum absolute atomic E-state index is 0.0282. The summed E-state index contributed by atoms with van der Waals surface area (Å²) in [6, 6.07) is 11.6. The summed E-state index contributed by atoms with van der Waals surface area (Å²) in [5.41, 5.74) is -0.134. The van der Waals surface area contributed by atoms with Gasteiger partial charge in [-0.25, -0.2) is 33.6 Å². The second-order valence-corrected chi connectivity index (χ2v) is 11.6. The predicted molar refractivity (Wildman–Crippen MR) is 205 cm³/mol. The van der Waals surface area contributed by atoms with Crippen molar-refractivity contribution in [3.8, 4) is 0 Å². The average Bonchev–Trinajstić information content (AvgIpc) is 3.26. The smallest absolute Gasteiger partial charge is 0.339 e. The van der Waals surface area contributed by atoms with E-state index in [0.29, 0.717) is 12.8 Å². The molecule has 2 aromatic carbocycles. The topological polar surface area (TPSA) is 279 Å². The quantitative estimate of drug-likeness (QED) is 0.0747. The maximum absolute atomic E-state index is 11.9. The number of carbonyl (C=O) groups excluding carboxylic acids is 7. The van der Waals surface area contributed by atoms with Gasteiger partial charge in [0, 0.05) is 18.2 Å². The van der Waals surface area contributed by atoms with Crippen LogP contribution in [0.2, 0.25) is 0 Å². The van der Waals surface area contributed by atoms with Gasteiger partial charge in [-0.1, -0.05) is 56.8 Å². The number of rotatable bonds is 20. The van der Waals surface area contributed by atoms with E-state index < -0.39 is 65.6 Å². The molecule has 19 heteroatoms. The lowest BCUT2D eigenvalue weighted by molar-refractivity contribution is -0.161. The fraction of sp³-hybridized carbons (Fsp3) is 0.341. The molecule has 1 saturated carbocycles. The summed E-state index contributed by atoms with van der Waals surface area (Å²) in [7, 11) is 0. The number of hydrogen-bond donors (Lipinski definition) is 3. The summed E-state index contributed by atoms with van der Waals surface area (Å²) in [5, 5.41) is 26.6. The molecule has 1 aliphatic carbocycles. The van der Waals surface area contributed by atoms with E-state index in [0.717, 1.165) is 31.1 Å². The van der Waals surface area contributed by atoms with E-state index in [1.807, 2.05) is 0 Å². The minimum Gasteiger partial charge on any atom is -0.481 e. The van der Waals surface area contributed by atoms with E-state index in [9.17, 15) is 43.2 Å². The Bertz CT molecular complexity index is 1830. The lowest BCUT2D eigenvalue weighted by Crippen LogP contribution is -2.34. The van der Waals surface area contributed by atoms with Crippen molar-refractivity contribution in [1.82, 2.24) is 0 Å². The maximum Gasteiger partial charge on any atom is 0.339 e. The molecule has 19 nitrogen and oxygen atoms in total. The Morgan fingerprint density at radius 1 is 0.500 bits per heavy atom. The number of aliphatic carboxylic acids is 1. The lowest BCUT2D eigenvalue weighted by atomic mass is 9.79. The average molecular weight is 843 g/mol. The number of carboxylic acids is 2. The predicted octanol–water partition coefficient (Wildman–Crippen LogP) is 3.14. The minimum atomic E-state index is -1.22. The molecule has 0 radical (unpaired) electrons. The zero-order chi connectivity index (χ0) is 44.9. The number of ether oxygens (including phenoxy) is 7. The van der Waals surface area contributed by atoms with Crippen LogP contribution in [0.5, 0.6) is 0 Å². The Morgan fingerprint density at radius 2 is 0.833 bits per heavy atom. The van der Waals surface area contributed by atoms with Crippen molar-refractivity contribution in [1.29, 1.82) is 0 Å². The van der Waals surface area contributed by atoms with Gasteiger partial charge in [0.2, 0.25) is 0 Å². The molecule has 0 heterocycles. The number of aliphatic hydroxyl groups excluding tert-OH is 1. The van der Waals surface area contributed by atoms with Crippen molar-refractivity contribution in [3.05, 3.63) is 109 Å². The monoisotopic (exact) mass is 842 g/mol. The standard InChI is InChI=1S/C15H16O7.C13H18O6.C13H12O6/c1-2-13(17)20-9-10-22-15(19)12-6-4-3-5-11(12)14(18)21-8-7-16;2*1-2-11(14)18-7-8-19-13(17)10-6-4-3-5-9(10)12(15)16/h2-6,16H,1,7-10H2;2,9-10H,1,3-8H2,(H,15,16);2-6H,1,7-8H2,(H,15,16). The van der Waals surface area contributed by atoms with Gasteiger partial charge in [0.1, 0.15) is 46.2 Å². The van der Waals surface area contributed by atoms with Crippen LogP contribution in [0.4, 0.5) is 0 Å². The number of carboxylic acid groups (broad SMARTS) is 2. The van der Waals surface area contributed by atoms with Crippen LogP contribution in [-0.4, -0.2) is 122 Å². The molecule has 3 N–H and O–H groups in total. The molecule has 0 bridgehead atoms. The van der Waals surface area contributed by atoms with Gasteiger partial charge in [0.25, 0.3) is 0 Å². The van der Waals surface area contributed by atoms with Crippen LogP contribution in [0.1, 0.15) is 67.1 Å². The first-order valence-electron chi connectivity index (χ1n) is 18.0. The first kappa shape index (κ1) is 50.9. The van der Waals surface area contributed by atoms with Gasteiger partial charge < -0.3 is 48.5 Å². The summed E-state index contributed by atoms with van der Waals surface area (Å²) in [5.74, 6) is -8.06. The van der Waals surface area contributed by atoms with Gasteiger partial charge in [-0.05, 0) is 37.1 Å². The Kier molecular flexibility index (Phi) is 24.7. The molecule has 2 aromatic rings. The Morgan fingerprint density at radius 3 is 1.20 bits per heavy atom. The van der Waals surface area contributed by atoms with Gasteiger partial charge >= 0.3 is 53.7 Å². The molecule has 0 aliphatic heterocycles. The molecule has 324 valence electrons. The van der Waals surface area contributed by atoms with Crippen molar-refractivity contribution in [2.75, 3.05) is 52.9 Å². The molecule has 3 rings (SSSR count). The largest absolute Gasteiger partial charge is 0.481 e. The maximum atomic E-state index is 11.9. The van der Waals surface area contributed by atoms with Crippen molar-refractivity contribution in [2.45, 2.75) is 25.7 Å². The Labute approximate surface area is 344 Å². The van der Waals surface area contributed by atoms with Crippen molar-refractivity contribution >= 4 is 53.7 Å². The van der Waals surface area contributed by atoms with Crippen LogP contribution in [0.3, 0.4) is 0 Å². The number of hydrogen-bond acceptors (Lipinski definition) is 17. The third-order valence-corrected chi connectivity index (χ3v) is 7.65. The van der Waals surface area contributed by atoms with Gasteiger partial charge in [-0.3, -0.25) is 9.59 Å². The normalized spacial score (nSPS) is 13.6. The number of carbonyl (C=O) groups is 9. The van der Waals surface area contributed by atoms with E-state index in [1.165, 1.54) is 36.4 Å². The van der Waals surface area contributed by atoms with Crippen molar-refractivity contribution < 1.29 is 91.6 Å². The molecule has 2 unspecified atom stereocenters. The Hall–Kier alpha value is -7.15. The first-order chi connectivity index (χ1) is 28.7. The molecule has 0 spiro atoms. The summed E-state index contributed by atoms with van der Waals surface area (Å²) in [4.78, 5) is 101. The molecule has 0 amide bonds. The SMILES string of the molecule is C=CC(=O)OCCOC(=O)C1CCCCC1C(=O)O.C=CC(=O)OCCOC(=O)c1ccccc1C(=O)O.C=CC(=O)OCCOC(=O)c1ccccc1C(=O)OCCO. The highest BCUT2D eigenvalue weighted by molar-refractivity contribution is 6.03. The van der Waals surface area contributed by atoms with E-state index in [4.69, 9.17) is 34.3 Å².